The Hall–Kier alpha value is -1.59. The number of nitrogens with two attached hydrogens (primary N) is 1. The number of carbonyl (C=O) groups excluding carboxylic acids is 1. The third kappa shape index (κ3) is 1.95. The lowest BCUT2D eigenvalue weighted by atomic mass is 10.2. The van der Waals surface area contributed by atoms with Crippen molar-refractivity contribution in [2.24, 2.45) is 5.73 Å². The number of aromatic nitrogens is 1. The van der Waals surface area contributed by atoms with Crippen LogP contribution in [0.4, 0.5) is 13.2 Å². The summed E-state index contributed by atoms with van der Waals surface area (Å²) in [6.07, 6.45) is -2.20. The first-order valence-corrected chi connectivity index (χ1v) is 3.25. The molecule has 1 heterocycles. The number of alkyl halides is 2. The Kier molecular flexibility index (Phi) is 2.50. The van der Waals surface area contributed by atoms with Crippen LogP contribution in [0.3, 0.4) is 0 Å². The van der Waals surface area contributed by atoms with Gasteiger partial charge in [0.25, 0.3) is 6.43 Å². The van der Waals surface area contributed by atoms with E-state index in [-0.39, 0.29) is 5.56 Å². The number of halogens is 3. The van der Waals surface area contributed by atoms with Gasteiger partial charge in [0.1, 0.15) is 0 Å². The molecular formula is C7H5F3N2O. The van der Waals surface area contributed by atoms with Crippen molar-refractivity contribution in [1.29, 1.82) is 0 Å². The summed E-state index contributed by atoms with van der Waals surface area (Å²) >= 11 is 0. The molecule has 2 N–H and O–H groups in total. The van der Waals surface area contributed by atoms with Gasteiger partial charge in [-0.15, -0.1) is 0 Å². The number of hydrogen-bond acceptors (Lipinski definition) is 2. The van der Waals surface area contributed by atoms with E-state index in [1.54, 1.807) is 0 Å². The first-order valence-electron chi connectivity index (χ1n) is 3.25. The van der Waals surface area contributed by atoms with Crippen molar-refractivity contribution < 1.29 is 18.0 Å². The second kappa shape index (κ2) is 3.42. The van der Waals surface area contributed by atoms with Crippen molar-refractivity contribution in [1.82, 2.24) is 4.98 Å². The second-order valence-electron chi connectivity index (χ2n) is 2.27. The van der Waals surface area contributed by atoms with Crippen molar-refractivity contribution in [3.8, 4) is 0 Å². The van der Waals surface area contributed by atoms with Gasteiger partial charge in [-0.25, -0.2) is 13.8 Å². The summed E-state index contributed by atoms with van der Waals surface area (Å²) in [6, 6.07) is 0.690. The van der Waals surface area contributed by atoms with Crippen molar-refractivity contribution in [2.75, 3.05) is 0 Å². The molecule has 1 aromatic heterocycles. The van der Waals surface area contributed by atoms with Gasteiger partial charge >= 0.3 is 0 Å². The van der Waals surface area contributed by atoms with Crippen LogP contribution in [0.15, 0.2) is 12.3 Å². The van der Waals surface area contributed by atoms with Gasteiger partial charge in [-0.3, -0.25) is 4.79 Å². The predicted molar refractivity (Wildman–Crippen MR) is 37.7 cm³/mol. The van der Waals surface area contributed by atoms with E-state index in [0.29, 0.717) is 6.07 Å². The van der Waals surface area contributed by atoms with Crippen LogP contribution in [0, 0.1) is 5.95 Å². The minimum absolute atomic E-state index is 0.239. The maximum absolute atomic E-state index is 12.5. The SMILES string of the molecule is NC(=O)c1cnc(F)c(C(F)F)c1. The highest BCUT2D eigenvalue weighted by atomic mass is 19.3. The Bertz CT molecular complexity index is 341. The fourth-order valence-corrected chi connectivity index (χ4v) is 0.753. The summed E-state index contributed by atoms with van der Waals surface area (Å²) in [5.41, 5.74) is 3.63. The molecule has 0 aliphatic carbocycles. The highest BCUT2D eigenvalue weighted by Gasteiger charge is 2.16. The molecule has 0 spiro atoms. The van der Waals surface area contributed by atoms with Crippen LogP contribution in [-0.4, -0.2) is 10.9 Å². The van der Waals surface area contributed by atoms with Gasteiger partial charge in [0.05, 0.1) is 11.1 Å². The third-order valence-corrected chi connectivity index (χ3v) is 1.39. The van der Waals surface area contributed by atoms with Gasteiger partial charge in [0.2, 0.25) is 11.9 Å². The van der Waals surface area contributed by atoms with E-state index in [1.807, 2.05) is 0 Å². The van der Waals surface area contributed by atoms with Gasteiger partial charge in [0, 0.05) is 6.20 Å². The summed E-state index contributed by atoms with van der Waals surface area (Å²) in [7, 11) is 0. The fourth-order valence-electron chi connectivity index (χ4n) is 0.753. The third-order valence-electron chi connectivity index (χ3n) is 1.39. The Morgan fingerprint density at radius 2 is 2.15 bits per heavy atom. The van der Waals surface area contributed by atoms with Crippen LogP contribution in [-0.2, 0) is 0 Å². The van der Waals surface area contributed by atoms with Crippen molar-refractivity contribution in [3.63, 3.8) is 0 Å². The zero-order valence-electron chi connectivity index (χ0n) is 6.30. The molecule has 0 aliphatic heterocycles. The molecule has 0 bridgehead atoms. The summed E-state index contributed by atoms with van der Waals surface area (Å²) in [6.45, 7) is 0. The second-order valence-corrected chi connectivity index (χ2v) is 2.27. The lowest BCUT2D eigenvalue weighted by Crippen LogP contribution is -2.12. The number of hydrogen-bond donors (Lipinski definition) is 1. The maximum Gasteiger partial charge on any atom is 0.268 e. The van der Waals surface area contributed by atoms with Crippen LogP contribution in [0.2, 0.25) is 0 Å². The van der Waals surface area contributed by atoms with E-state index in [2.05, 4.69) is 4.98 Å². The van der Waals surface area contributed by atoms with Crippen molar-refractivity contribution in [2.45, 2.75) is 6.43 Å². The zero-order chi connectivity index (χ0) is 10.0. The molecule has 3 nitrogen and oxygen atoms in total. The predicted octanol–water partition coefficient (Wildman–Crippen LogP) is 1.26. The molecule has 0 fully saturated rings. The van der Waals surface area contributed by atoms with E-state index in [4.69, 9.17) is 5.73 Å². The Morgan fingerprint density at radius 3 is 2.62 bits per heavy atom. The van der Waals surface area contributed by atoms with E-state index in [1.165, 1.54) is 0 Å². The lowest BCUT2D eigenvalue weighted by molar-refractivity contribution is 0.0999. The average Bonchev–Trinajstić information content (AvgIpc) is 2.04. The molecule has 0 aliphatic rings. The van der Waals surface area contributed by atoms with Crippen LogP contribution >= 0.6 is 0 Å². The summed E-state index contributed by atoms with van der Waals surface area (Å²) in [5, 5.41) is 0. The van der Waals surface area contributed by atoms with Gasteiger partial charge in [-0.1, -0.05) is 0 Å². The highest BCUT2D eigenvalue weighted by Crippen LogP contribution is 2.21. The van der Waals surface area contributed by atoms with E-state index in [0.717, 1.165) is 6.20 Å². The van der Waals surface area contributed by atoms with Gasteiger partial charge in [0.15, 0.2) is 0 Å². The van der Waals surface area contributed by atoms with Crippen LogP contribution in [0.25, 0.3) is 0 Å². The molecule has 0 atom stereocenters. The maximum atomic E-state index is 12.5. The molecule has 0 saturated heterocycles. The molecular weight excluding hydrogens is 185 g/mol. The van der Waals surface area contributed by atoms with Gasteiger partial charge in [-0.2, -0.15) is 4.39 Å². The first kappa shape index (κ1) is 9.50. The summed E-state index contributed by atoms with van der Waals surface area (Å²) in [5.74, 6) is -2.21. The van der Waals surface area contributed by atoms with Crippen LogP contribution in [0.1, 0.15) is 22.3 Å². The van der Waals surface area contributed by atoms with Gasteiger partial charge < -0.3 is 5.73 Å². The quantitative estimate of drug-likeness (QED) is 0.713. The number of pyridine rings is 1. The summed E-state index contributed by atoms with van der Waals surface area (Å²) < 4.78 is 36.6. The number of primary amides is 1. The fraction of sp³-hybridized carbons (Fsp3) is 0.143. The molecule has 70 valence electrons. The molecule has 13 heavy (non-hydrogen) atoms. The standard InChI is InChI=1S/C7H5F3N2O/c8-5(9)4-1-3(7(11)13)2-12-6(4)10/h1-2,5H,(H2,11,13). The Labute approximate surface area is 71.4 Å². The molecule has 0 unspecified atom stereocenters. The Morgan fingerprint density at radius 1 is 1.54 bits per heavy atom. The van der Waals surface area contributed by atoms with E-state index >= 15 is 0 Å². The Balaban J connectivity index is 3.19. The average molecular weight is 190 g/mol. The zero-order valence-corrected chi connectivity index (χ0v) is 6.30. The topological polar surface area (TPSA) is 56.0 Å². The molecule has 0 aromatic carbocycles. The van der Waals surface area contributed by atoms with Gasteiger partial charge in [-0.05, 0) is 6.07 Å². The monoisotopic (exact) mass is 190 g/mol. The van der Waals surface area contributed by atoms with E-state index in [9.17, 15) is 18.0 Å². The van der Waals surface area contributed by atoms with Crippen LogP contribution in [0.5, 0.6) is 0 Å². The molecule has 1 amide bonds. The number of nitrogens with zero attached hydrogens (tertiary/aromatic N) is 1. The largest absolute Gasteiger partial charge is 0.366 e. The molecule has 1 rings (SSSR count). The molecule has 0 saturated carbocycles. The minimum Gasteiger partial charge on any atom is -0.366 e. The van der Waals surface area contributed by atoms with E-state index < -0.39 is 23.8 Å². The highest BCUT2D eigenvalue weighted by molar-refractivity contribution is 5.92. The van der Waals surface area contributed by atoms with Crippen molar-refractivity contribution >= 4 is 5.91 Å². The van der Waals surface area contributed by atoms with Crippen molar-refractivity contribution in [3.05, 3.63) is 29.3 Å². The number of amides is 1. The number of rotatable bonds is 2. The first-order chi connectivity index (χ1) is 6.02. The minimum atomic E-state index is -3.01. The molecule has 0 radical (unpaired) electrons. The lowest BCUT2D eigenvalue weighted by Gasteiger charge is -2.01. The summed E-state index contributed by atoms with van der Waals surface area (Å²) in [4.78, 5) is 13.5. The molecule has 1 aromatic rings. The smallest absolute Gasteiger partial charge is 0.268 e. The molecule has 6 heteroatoms. The number of carbonyl (C=O) groups is 1. The normalized spacial score (nSPS) is 10.5. The van der Waals surface area contributed by atoms with Crippen LogP contribution < -0.4 is 5.73 Å².